The smallest absolute Gasteiger partial charge is 0.226 e. The average molecular weight is 363 g/mol. The largest absolute Gasteiger partial charge is 0.281 e. The lowest BCUT2D eigenvalue weighted by molar-refractivity contribution is -0.109. The van der Waals surface area contributed by atoms with Crippen LogP contribution in [0.4, 0.5) is 0 Å². The normalized spacial score (nSPS) is 17.9. The van der Waals surface area contributed by atoms with Crippen LogP contribution in [0.15, 0.2) is 35.4 Å². The number of hydrogen-bond acceptors (Lipinski definition) is 6. The predicted octanol–water partition coefficient (Wildman–Crippen LogP) is 5.10. The van der Waals surface area contributed by atoms with Gasteiger partial charge in [-0.3, -0.25) is 9.59 Å². The van der Waals surface area contributed by atoms with Crippen LogP contribution in [0.2, 0.25) is 0 Å². The van der Waals surface area contributed by atoms with E-state index in [1.165, 1.54) is 33.3 Å². The summed E-state index contributed by atoms with van der Waals surface area (Å²) in [5.41, 5.74) is 1.23. The highest BCUT2D eigenvalue weighted by atomic mass is 32.2. The van der Waals surface area contributed by atoms with Crippen molar-refractivity contribution >= 4 is 66.2 Å². The Balaban J connectivity index is 1.91. The molecule has 110 valence electrons. The van der Waals surface area contributed by atoms with Crippen molar-refractivity contribution in [2.24, 2.45) is 0 Å². The van der Waals surface area contributed by atoms with E-state index in [-0.39, 0.29) is 10.2 Å². The van der Waals surface area contributed by atoms with E-state index >= 15 is 0 Å². The molecule has 2 nitrogen and oxygen atoms in total. The van der Waals surface area contributed by atoms with Crippen molar-refractivity contribution < 1.29 is 9.59 Å². The maximum Gasteiger partial charge on any atom is 0.226 e. The number of aryl methyl sites for hydroxylation is 2. The van der Waals surface area contributed by atoms with Crippen molar-refractivity contribution in [1.82, 2.24) is 0 Å². The SMILES string of the molecule is Cc1ccc(C2=C3C(=O)SC(c4ccc(C)s4)=C3C(=O)S2)s1. The molecule has 0 saturated heterocycles. The van der Waals surface area contributed by atoms with Gasteiger partial charge < -0.3 is 0 Å². The Morgan fingerprint density at radius 1 is 0.682 bits per heavy atom. The highest BCUT2D eigenvalue weighted by molar-refractivity contribution is 8.26. The molecule has 0 unspecified atom stereocenters. The third kappa shape index (κ3) is 2.17. The number of rotatable bonds is 2. The van der Waals surface area contributed by atoms with Gasteiger partial charge in [0.1, 0.15) is 0 Å². The summed E-state index contributed by atoms with van der Waals surface area (Å²) in [5, 5.41) is -0.00841. The first-order valence-electron chi connectivity index (χ1n) is 6.61. The van der Waals surface area contributed by atoms with Gasteiger partial charge in [-0.25, -0.2) is 0 Å². The van der Waals surface area contributed by atoms with E-state index in [0.29, 0.717) is 11.1 Å². The molecule has 22 heavy (non-hydrogen) atoms. The second-order valence-corrected chi connectivity index (χ2v) is 9.55. The molecule has 0 atom stereocenters. The predicted molar refractivity (Wildman–Crippen MR) is 97.1 cm³/mol. The Morgan fingerprint density at radius 3 is 1.41 bits per heavy atom. The number of thiophene rings is 2. The standard InChI is InChI=1S/C16H10O2S4/c1-7-3-5-9(19-7)13-11-12(16(18)21-13)14(22-15(11)17)10-6-4-8(2)20-10/h3-6H,1-2H3. The van der Waals surface area contributed by atoms with Crippen molar-refractivity contribution in [2.45, 2.75) is 13.8 Å². The number of thioether (sulfide) groups is 2. The maximum atomic E-state index is 12.5. The summed E-state index contributed by atoms with van der Waals surface area (Å²) >= 11 is 5.65. The fraction of sp³-hybridized carbons (Fsp3) is 0.125. The van der Waals surface area contributed by atoms with Gasteiger partial charge in [0.2, 0.25) is 10.2 Å². The molecule has 2 aromatic rings. The second kappa shape index (κ2) is 5.23. The lowest BCUT2D eigenvalue weighted by Crippen LogP contribution is -1.95. The first-order chi connectivity index (χ1) is 10.5. The zero-order valence-electron chi connectivity index (χ0n) is 11.8. The Morgan fingerprint density at radius 2 is 1.09 bits per heavy atom. The molecule has 2 aromatic heterocycles. The van der Waals surface area contributed by atoms with Crippen LogP contribution in [0, 0.1) is 13.8 Å². The fourth-order valence-corrected chi connectivity index (χ4v) is 6.64. The Hall–Kier alpha value is -1.08. The van der Waals surface area contributed by atoms with Gasteiger partial charge in [-0.05, 0) is 61.6 Å². The Labute approximate surface area is 144 Å². The summed E-state index contributed by atoms with van der Waals surface area (Å²) in [6.45, 7) is 4.06. The molecule has 0 aromatic carbocycles. The molecule has 0 N–H and O–H groups in total. The van der Waals surface area contributed by atoms with Crippen molar-refractivity contribution in [2.75, 3.05) is 0 Å². The lowest BCUT2D eigenvalue weighted by atomic mass is 10.1. The number of carbonyl (C=O) groups is 2. The molecule has 6 heteroatoms. The average Bonchev–Trinajstić information content (AvgIpc) is 3.19. The van der Waals surface area contributed by atoms with Gasteiger partial charge in [0.15, 0.2) is 0 Å². The molecule has 0 amide bonds. The van der Waals surface area contributed by atoms with Crippen molar-refractivity contribution in [1.29, 1.82) is 0 Å². The zero-order chi connectivity index (χ0) is 15.4. The van der Waals surface area contributed by atoms with Crippen LogP contribution in [0.3, 0.4) is 0 Å². The summed E-state index contributed by atoms with van der Waals surface area (Å²) in [7, 11) is 0. The molecule has 2 aliphatic heterocycles. The van der Waals surface area contributed by atoms with Crippen LogP contribution in [0.5, 0.6) is 0 Å². The second-order valence-electron chi connectivity index (χ2n) is 5.01. The van der Waals surface area contributed by atoms with Gasteiger partial charge in [-0.15, -0.1) is 22.7 Å². The minimum absolute atomic E-state index is 0.00421. The molecule has 0 bridgehead atoms. The summed E-state index contributed by atoms with van der Waals surface area (Å²) < 4.78 is 0. The van der Waals surface area contributed by atoms with Gasteiger partial charge >= 0.3 is 0 Å². The number of carbonyl (C=O) groups excluding carboxylic acids is 2. The Kier molecular flexibility index (Phi) is 3.45. The molecule has 4 heterocycles. The maximum absolute atomic E-state index is 12.5. The molecule has 0 spiro atoms. The first-order valence-corrected chi connectivity index (χ1v) is 9.88. The molecule has 4 rings (SSSR count). The van der Waals surface area contributed by atoms with Crippen LogP contribution < -0.4 is 0 Å². The van der Waals surface area contributed by atoms with E-state index in [9.17, 15) is 9.59 Å². The molecule has 2 aliphatic rings. The monoisotopic (exact) mass is 362 g/mol. The van der Waals surface area contributed by atoms with Gasteiger partial charge in [0.05, 0.1) is 11.1 Å². The van der Waals surface area contributed by atoms with E-state index in [1.807, 2.05) is 38.1 Å². The van der Waals surface area contributed by atoms with Gasteiger partial charge in [-0.2, -0.15) is 0 Å². The molecular weight excluding hydrogens is 352 g/mol. The molecule has 0 radical (unpaired) electrons. The number of fused-ring (bicyclic) bond motifs is 1. The van der Waals surface area contributed by atoms with Crippen molar-refractivity contribution in [3.63, 3.8) is 0 Å². The highest BCUT2D eigenvalue weighted by Crippen LogP contribution is 2.56. The van der Waals surface area contributed by atoms with Crippen LogP contribution in [0.25, 0.3) is 9.81 Å². The molecule has 0 fully saturated rings. The summed E-state index contributed by atoms with van der Waals surface area (Å²) in [6, 6.07) is 8.04. The van der Waals surface area contributed by atoms with E-state index in [1.54, 1.807) is 22.7 Å². The van der Waals surface area contributed by atoms with Crippen LogP contribution >= 0.6 is 46.2 Å². The van der Waals surface area contributed by atoms with Crippen LogP contribution in [0.1, 0.15) is 19.5 Å². The Bertz CT molecular complexity index is 821. The van der Waals surface area contributed by atoms with E-state index in [4.69, 9.17) is 0 Å². The van der Waals surface area contributed by atoms with Crippen LogP contribution in [-0.2, 0) is 9.59 Å². The van der Waals surface area contributed by atoms with Crippen LogP contribution in [-0.4, -0.2) is 10.2 Å². The van der Waals surface area contributed by atoms with E-state index in [2.05, 4.69) is 0 Å². The van der Waals surface area contributed by atoms with Gasteiger partial charge in [-0.1, -0.05) is 0 Å². The van der Waals surface area contributed by atoms with Crippen molar-refractivity contribution in [3.05, 3.63) is 54.9 Å². The quantitative estimate of drug-likeness (QED) is 0.745. The minimum Gasteiger partial charge on any atom is -0.281 e. The minimum atomic E-state index is -0.00421. The first kappa shape index (κ1) is 14.5. The zero-order valence-corrected chi connectivity index (χ0v) is 15.0. The summed E-state index contributed by atoms with van der Waals surface area (Å²) in [6.07, 6.45) is 0. The van der Waals surface area contributed by atoms with Crippen molar-refractivity contribution in [3.8, 4) is 0 Å². The number of hydrogen-bond donors (Lipinski definition) is 0. The third-order valence-corrected chi connectivity index (χ3v) is 7.76. The molecule has 0 aliphatic carbocycles. The topological polar surface area (TPSA) is 34.1 Å². The lowest BCUT2D eigenvalue weighted by Gasteiger charge is -1.98. The fourth-order valence-electron chi connectivity index (χ4n) is 2.47. The van der Waals surface area contributed by atoms with E-state index in [0.717, 1.165) is 19.6 Å². The van der Waals surface area contributed by atoms with Gasteiger partial charge in [0, 0.05) is 29.3 Å². The summed E-state index contributed by atoms with van der Waals surface area (Å²) in [5.74, 6) is 0. The molecule has 0 saturated carbocycles. The van der Waals surface area contributed by atoms with Gasteiger partial charge in [0.25, 0.3) is 0 Å². The summed E-state index contributed by atoms with van der Waals surface area (Å²) in [4.78, 5) is 31.0. The van der Waals surface area contributed by atoms with E-state index < -0.39 is 0 Å². The molecular formula is C16H10O2S4. The third-order valence-electron chi connectivity index (χ3n) is 3.43. The highest BCUT2D eigenvalue weighted by Gasteiger charge is 2.42.